The van der Waals surface area contributed by atoms with Gasteiger partial charge in [-0.25, -0.2) is 0 Å². The van der Waals surface area contributed by atoms with Crippen molar-refractivity contribution >= 4 is 10.9 Å². The molecule has 2 N–H and O–H groups in total. The number of likely N-dealkylation sites (tertiary alicyclic amines) is 1. The lowest BCUT2D eigenvalue weighted by molar-refractivity contribution is -0.943. The second-order valence-electron chi connectivity index (χ2n) is 5.55. The highest BCUT2D eigenvalue weighted by molar-refractivity contribution is 5.82. The molecule has 0 spiro atoms. The Labute approximate surface area is 109 Å². The van der Waals surface area contributed by atoms with Gasteiger partial charge in [-0.15, -0.1) is 0 Å². The van der Waals surface area contributed by atoms with Gasteiger partial charge >= 0.3 is 0 Å². The van der Waals surface area contributed by atoms with Crippen LogP contribution < -0.4 is 4.90 Å². The van der Waals surface area contributed by atoms with Crippen molar-refractivity contribution in [2.24, 2.45) is 0 Å². The quantitative estimate of drug-likeness (QED) is 0.826. The molecule has 2 aromatic rings. The number of piperidine rings is 1. The van der Waals surface area contributed by atoms with Gasteiger partial charge in [0.15, 0.2) is 0 Å². The van der Waals surface area contributed by atoms with Crippen molar-refractivity contribution in [3.8, 4) is 0 Å². The molecule has 0 bridgehead atoms. The molecule has 0 radical (unpaired) electrons. The Morgan fingerprint density at radius 2 is 2.17 bits per heavy atom. The van der Waals surface area contributed by atoms with Crippen LogP contribution in [0.25, 0.3) is 10.9 Å². The van der Waals surface area contributed by atoms with Crippen LogP contribution in [0.15, 0.2) is 30.5 Å². The molecule has 0 saturated carbocycles. The Morgan fingerprint density at radius 3 is 3.06 bits per heavy atom. The predicted molar refractivity (Wildman–Crippen MR) is 75.8 cm³/mol. The van der Waals surface area contributed by atoms with Crippen LogP contribution in [0.1, 0.15) is 38.2 Å². The minimum Gasteiger partial charge on any atom is -0.361 e. The van der Waals surface area contributed by atoms with Gasteiger partial charge in [-0.05, 0) is 31.7 Å². The Kier molecular flexibility index (Phi) is 3.37. The maximum Gasteiger partial charge on any atom is 0.105 e. The third kappa shape index (κ3) is 2.17. The fourth-order valence-electron chi connectivity index (χ4n) is 3.40. The van der Waals surface area contributed by atoms with Gasteiger partial charge in [0.05, 0.1) is 12.6 Å². The van der Waals surface area contributed by atoms with E-state index in [4.69, 9.17) is 0 Å². The average Bonchev–Trinajstić information content (AvgIpc) is 2.83. The molecular formula is C16H23N2+. The summed E-state index contributed by atoms with van der Waals surface area (Å²) in [7, 11) is 0. The summed E-state index contributed by atoms with van der Waals surface area (Å²) in [5.74, 6) is 0. The van der Waals surface area contributed by atoms with Crippen molar-refractivity contribution in [2.45, 2.75) is 45.2 Å². The molecule has 2 heterocycles. The maximum absolute atomic E-state index is 3.40. The first-order valence-corrected chi connectivity index (χ1v) is 7.28. The lowest BCUT2D eigenvalue weighted by Gasteiger charge is -2.31. The van der Waals surface area contributed by atoms with E-state index < -0.39 is 0 Å². The normalized spacial score (nSPS) is 24.5. The van der Waals surface area contributed by atoms with Crippen molar-refractivity contribution in [2.75, 3.05) is 6.54 Å². The smallest absolute Gasteiger partial charge is 0.105 e. The monoisotopic (exact) mass is 243 g/mol. The highest BCUT2D eigenvalue weighted by Crippen LogP contribution is 2.17. The van der Waals surface area contributed by atoms with Crippen molar-refractivity contribution in [1.29, 1.82) is 0 Å². The molecule has 2 heteroatoms. The summed E-state index contributed by atoms with van der Waals surface area (Å²) >= 11 is 0. The lowest BCUT2D eigenvalue weighted by Crippen LogP contribution is -3.15. The molecule has 1 aliphatic rings. The molecule has 1 saturated heterocycles. The molecule has 0 amide bonds. The van der Waals surface area contributed by atoms with E-state index in [0.29, 0.717) is 0 Å². The van der Waals surface area contributed by atoms with Crippen molar-refractivity contribution < 1.29 is 4.90 Å². The first-order valence-electron chi connectivity index (χ1n) is 7.28. The summed E-state index contributed by atoms with van der Waals surface area (Å²) in [6.07, 6.45) is 7.76. The van der Waals surface area contributed by atoms with Crippen molar-refractivity contribution in [1.82, 2.24) is 4.98 Å². The Balaban J connectivity index is 1.82. The molecular weight excluding hydrogens is 220 g/mol. The Hall–Kier alpha value is -1.28. The van der Waals surface area contributed by atoms with Gasteiger partial charge in [-0.2, -0.15) is 0 Å². The summed E-state index contributed by atoms with van der Waals surface area (Å²) < 4.78 is 0. The van der Waals surface area contributed by atoms with E-state index in [1.54, 1.807) is 4.90 Å². The van der Waals surface area contributed by atoms with Crippen LogP contribution >= 0.6 is 0 Å². The molecule has 1 aromatic heterocycles. The fraction of sp³-hybridized carbons (Fsp3) is 0.500. The van der Waals surface area contributed by atoms with Gasteiger partial charge in [0.2, 0.25) is 0 Å². The molecule has 18 heavy (non-hydrogen) atoms. The summed E-state index contributed by atoms with van der Waals surface area (Å²) in [6, 6.07) is 9.52. The second kappa shape index (κ2) is 5.15. The SMILES string of the molecule is CC[C@@H]1CCCC[NH+]1Cc1c[nH]c2ccccc12. The highest BCUT2D eigenvalue weighted by atomic mass is 15.2. The van der Waals surface area contributed by atoms with E-state index in [0.717, 1.165) is 6.04 Å². The first kappa shape index (κ1) is 11.8. The van der Waals surface area contributed by atoms with E-state index in [2.05, 4.69) is 42.4 Å². The average molecular weight is 243 g/mol. The number of fused-ring (bicyclic) bond motifs is 1. The van der Waals surface area contributed by atoms with Crippen LogP contribution in [0, 0.1) is 0 Å². The summed E-state index contributed by atoms with van der Waals surface area (Å²) in [5, 5.41) is 1.41. The maximum atomic E-state index is 3.40. The van der Waals surface area contributed by atoms with Crippen LogP contribution in [0.3, 0.4) is 0 Å². The van der Waals surface area contributed by atoms with Crippen molar-refractivity contribution in [3.05, 3.63) is 36.0 Å². The van der Waals surface area contributed by atoms with Gasteiger partial charge < -0.3 is 9.88 Å². The second-order valence-corrected chi connectivity index (χ2v) is 5.55. The number of H-pyrrole nitrogens is 1. The Morgan fingerprint density at radius 1 is 1.28 bits per heavy atom. The van der Waals surface area contributed by atoms with Gasteiger partial charge in [-0.3, -0.25) is 0 Å². The molecule has 3 rings (SSSR count). The number of benzene rings is 1. The van der Waals surface area contributed by atoms with Crippen LogP contribution in [0.5, 0.6) is 0 Å². The van der Waals surface area contributed by atoms with E-state index in [1.807, 2.05) is 0 Å². The van der Waals surface area contributed by atoms with Gasteiger partial charge in [0.25, 0.3) is 0 Å². The van der Waals surface area contributed by atoms with Crippen molar-refractivity contribution in [3.63, 3.8) is 0 Å². The van der Waals surface area contributed by atoms with Crippen LogP contribution in [0.4, 0.5) is 0 Å². The zero-order valence-electron chi connectivity index (χ0n) is 11.2. The van der Waals surface area contributed by atoms with Crippen LogP contribution in [0.2, 0.25) is 0 Å². The number of quaternary nitrogens is 1. The van der Waals surface area contributed by atoms with Crippen LogP contribution in [-0.4, -0.2) is 17.6 Å². The summed E-state index contributed by atoms with van der Waals surface area (Å²) in [5.41, 5.74) is 2.76. The molecule has 96 valence electrons. The number of rotatable bonds is 3. The Bertz CT molecular complexity index is 515. The molecule has 0 aliphatic carbocycles. The predicted octanol–water partition coefficient (Wildman–Crippen LogP) is 2.52. The number of hydrogen-bond acceptors (Lipinski definition) is 0. The number of hydrogen-bond donors (Lipinski definition) is 2. The molecule has 2 nitrogen and oxygen atoms in total. The first-order chi connectivity index (χ1) is 8.88. The molecule has 1 aliphatic heterocycles. The third-order valence-electron chi connectivity index (χ3n) is 4.46. The van der Waals surface area contributed by atoms with E-state index in [9.17, 15) is 0 Å². The summed E-state index contributed by atoms with van der Waals surface area (Å²) in [6.45, 7) is 4.87. The minimum absolute atomic E-state index is 0.868. The number of aromatic amines is 1. The van der Waals surface area contributed by atoms with Gasteiger partial charge in [0.1, 0.15) is 6.54 Å². The standard InChI is InChI=1S/C16H22N2/c1-2-14-7-5-6-10-18(14)12-13-11-17-16-9-4-3-8-15(13)16/h3-4,8-9,11,14,17H,2,5-7,10,12H2,1H3/p+1/t14-/m1/s1. The molecule has 1 unspecified atom stereocenters. The molecule has 2 atom stereocenters. The van der Waals surface area contributed by atoms with Gasteiger partial charge in [-0.1, -0.05) is 25.1 Å². The van der Waals surface area contributed by atoms with Crippen LogP contribution in [-0.2, 0) is 6.54 Å². The lowest BCUT2D eigenvalue weighted by atomic mass is 9.99. The van der Waals surface area contributed by atoms with E-state index >= 15 is 0 Å². The largest absolute Gasteiger partial charge is 0.361 e. The van der Waals surface area contributed by atoms with Gasteiger partial charge in [0, 0.05) is 22.7 Å². The highest BCUT2D eigenvalue weighted by Gasteiger charge is 2.25. The fourth-order valence-corrected chi connectivity index (χ4v) is 3.40. The zero-order valence-corrected chi connectivity index (χ0v) is 11.2. The number of para-hydroxylation sites is 1. The van der Waals surface area contributed by atoms with E-state index in [-0.39, 0.29) is 0 Å². The van der Waals surface area contributed by atoms with E-state index in [1.165, 1.54) is 55.2 Å². The zero-order chi connectivity index (χ0) is 12.4. The number of aromatic nitrogens is 1. The third-order valence-corrected chi connectivity index (χ3v) is 4.46. The summed E-state index contributed by atoms with van der Waals surface area (Å²) in [4.78, 5) is 5.18. The topological polar surface area (TPSA) is 20.2 Å². The molecule has 1 aromatic carbocycles. The number of nitrogens with one attached hydrogen (secondary N) is 2. The molecule has 1 fully saturated rings. The minimum atomic E-state index is 0.868.